The molecule has 3 aliphatic rings. The van der Waals surface area contributed by atoms with Crippen LogP contribution >= 0.6 is 0 Å². The van der Waals surface area contributed by atoms with Crippen molar-refractivity contribution in [3.8, 4) is 0 Å². The van der Waals surface area contributed by atoms with Gasteiger partial charge in [0.25, 0.3) is 5.91 Å². The summed E-state index contributed by atoms with van der Waals surface area (Å²) in [5, 5.41) is 12.8. The normalized spacial score (nSPS) is 40.3. The van der Waals surface area contributed by atoms with Crippen molar-refractivity contribution in [2.75, 3.05) is 6.54 Å². The molecule has 5 atom stereocenters. The number of rotatable bonds is 3. The predicted molar refractivity (Wildman–Crippen MR) is 70.5 cm³/mol. The first-order valence-electron chi connectivity index (χ1n) is 7.42. The van der Waals surface area contributed by atoms with Crippen molar-refractivity contribution in [1.82, 2.24) is 5.32 Å². The van der Waals surface area contributed by atoms with Crippen molar-refractivity contribution in [2.24, 2.45) is 0 Å². The molecule has 3 aliphatic heterocycles. The number of carbonyl (C=O) groups excluding carboxylic acids is 2. The zero-order chi connectivity index (χ0) is 17.0. The van der Waals surface area contributed by atoms with Gasteiger partial charge in [0, 0.05) is 0 Å². The van der Waals surface area contributed by atoms with E-state index in [1.807, 2.05) is 0 Å². The van der Waals surface area contributed by atoms with E-state index in [2.05, 4.69) is 5.32 Å². The summed E-state index contributed by atoms with van der Waals surface area (Å²) in [6.07, 6.45) is -3.71. The number of carboxylic acids is 1. The molecule has 1 N–H and O–H groups in total. The van der Waals surface area contributed by atoms with Crippen molar-refractivity contribution in [2.45, 2.75) is 70.0 Å². The minimum Gasteiger partial charge on any atom is -0.548 e. The van der Waals surface area contributed by atoms with Crippen LogP contribution in [0.3, 0.4) is 0 Å². The summed E-state index contributed by atoms with van der Waals surface area (Å²) >= 11 is 0. The minimum atomic E-state index is -1.39. The summed E-state index contributed by atoms with van der Waals surface area (Å²) in [5.74, 6) is -3.82. The van der Waals surface area contributed by atoms with Gasteiger partial charge in [-0.15, -0.1) is 0 Å². The average molecular weight is 330 g/mol. The Hall–Kier alpha value is -1.26. The van der Waals surface area contributed by atoms with Gasteiger partial charge in [-0.25, -0.2) is 0 Å². The van der Waals surface area contributed by atoms with E-state index in [1.165, 1.54) is 0 Å². The van der Waals surface area contributed by atoms with Gasteiger partial charge in [0.2, 0.25) is 0 Å². The molecule has 9 heteroatoms. The Morgan fingerprint density at radius 1 is 0.957 bits per heavy atom. The summed E-state index contributed by atoms with van der Waals surface area (Å²) in [6, 6.07) is 0. The lowest BCUT2D eigenvalue weighted by molar-refractivity contribution is -0.304. The van der Waals surface area contributed by atoms with Crippen LogP contribution in [0.4, 0.5) is 0 Å². The summed E-state index contributed by atoms with van der Waals surface area (Å²) in [4.78, 5) is 22.8. The van der Waals surface area contributed by atoms with E-state index in [4.69, 9.17) is 23.7 Å². The summed E-state index contributed by atoms with van der Waals surface area (Å²) in [7, 11) is 0. The van der Waals surface area contributed by atoms with E-state index in [-0.39, 0.29) is 0 Å². The van der Waals surface area contributed by atoms with Crippen molar-refractivity contribution < 1.29 is 38.4 Å². The maximum Gasteiger partial charge on any atom is 0.252 e. The highest BCUT2D eigenvalue weighted by atomic mass is 16.9. The second-order valence-corrected chi connectivity index (χ2v) is 6.68. The first kappa shape index (κ1) is 16.6. The van der Waals surface area contributed by atoms with E-state index in [1.54, 1.807) is 27.7 Å². The fourth-order valence-electron chi connectivity index (χ4n) is 3.08. The third-order valence-corrected chi connectivity index (χ3v) is 3.82. The van der Waals surface area contributed by atoms with Gasteiger partial charge in [0.15, 0.2) is 24.0 Å². The SMILES string of the molecule is CC1(C)O[C@@H]2[C@@H](O1)[C@H](C(=O)NCC(=O)[O-])O[C@H]1OC(C)(C)O[C@@H]12. The number of ether oxygens (including phenoxy) is 5. The number of amides is 1. The Morgan fingerprint density at radius 2 is 1.52 bits per heavy atom. The molecule has 1 amide bonds. The van der Waals surface area contributed by atoms with Crippen LogP contribution in [0.15, 0.2) is 0 Å². The number of hydrogen-bond acceptors (Lipinski definition) is 8. The van der Waals surface area contributed by atoms with Crippen LogP contribution in [0.2, 0.25) is 0 Å². The summed E-state index contributed by atoms with van der Waals surface area (Å²) in [5.41, 5.74) is 0. The molecular weight excluding hydrogens is 310 g/mol. The molecule has 0 radical (unpaired) electrons. The molecule has 0 aromatic heterocycles. The Kier molecular flexibility index (Phi) is 3.88. The molecule has 3 heterocycles. The van der Waals surface area contributed by atoms with Crippen molar-refractivity contribution in [3.05, 3.63) is 0 Å². The molecule has 0 aliphatic carbocycles. The van der Waals surface area contributed by atoms with Gasteiger partial charge in [0.05, 0.1) is 12.5 Å². The summed E-state index contributed by atoms with van der Waals surface area (Å²) in [6.45, 7) is 6.29. The highest BCUT2D eigenvalue weighted by molar-refractivity contribution is 5.84. The maximum atomic E-state index is 12.2. The van der Waals surface area contributed by atoms with Gasteiger partial charge >= 0.3 is 0 Å². The van der Waals surface area contributed by atoms with Crippen LogP contribution in [-0.4, -0.2) is 60.7 Å². The highest BCUT2D eigenvalue weighted by Gasteiger charge is 2.62. The zero-order valence-corrected chi connectivity index (χ0v) is 13.4. The van der Waals surface area contributed by atoms with Crippen molar-refractivity contribution in [3.63, 3.8) is 0 Å². The molecule has 3 fully saturated rings. The van der Waals surface area contributed by atoms with Gasteiger partial charge in [-0.3, -0.25) is 4.79 Å². The average Bonchev–Trinajstić information content (AvgIpc) is 2.89. The fraction of sp³-hybridized carbons (Fsp3) is 0.857. The number of fused-ring (bicyclic) bond motifs is 3. The maximum absolute atomic E-state index is 12.2. The third kappa shape index (κ3) is 3.20. The van der Waals surface area contributed by atoms with Gasteiger partial charge in [-0.1, -0.05) is 0 Å². The third-order valence-electron chi connectivity index (χ3n) is 3.82. The molecule has 23 heavy (non-hydrogen) atoms. The first-order chi connectivity index (χ1) is 10.6. The smallest absolute Gasteiger partial charge is 0.252 e. The van der Waals surface area contributed by atoms with Gasteiger partial charge < -0.3 is 38.9 Å². The Bertz CT molecular complexity index is 519. The predicted octanol–water partition coefficient (Wildman–Crippen LogP) is -1.75. The van der Waals surface area contributed by atoms with Gasteiger partial charge in [-0.05, 0) is 27.7 Å². The lowest BCUT2D eigenvalue weighted by Gasteiger charge is -2.36. The van der Waals surface area contributed by atoms with Crippen LogP contribution in [0.25, 0.3) is 0 Å². The number of carbonyl (C=O) groups is 2. The molecule has 130 valence electrons. The molecule has 0 aromatic rings. The van der Waals surface area contributed by atoms with E-state index in [0.29, 0.717) is 0 Å². The van der Waals surface area contributed by atoms with Crippen LogP contribution < -0.4 is 10.4 Å². The Labute approximate surface area is 133 Å². The molecule has 0 bridgehead atoms. The lowest BCUT2D eigenvalue weighted by Crippen LogP contribution is -2.60. The van der Waals surface area contributed by atoms with Crippen LogP contribution in [0.1, 0.15) is 27.7 Å². The van der Waals surface area contributed by atoms with Crippen molar-refractivity contribution >= 4 is 11.9 Å². The minimum absolute atomic E-state index is 0.540. The standard InChI is InChI=1S/C14H21NO8/c1-13(2)20-7-8(21-13)10-12(23-14(3,4)22-10)19-9(7)11(18)15-5-6(16)17/h7-10,12H,5H2,1-4H3,(H,15,18)(H,16,17)/p-1/t7-,8-,9-,10-,12+/m1/s1. The molecular formula is C14H20NO8-. The van der Waals surface area contributed by atoms with E-state index < -0.39 is 60.7 Å². The van der Waals surface area contributed by atoms with Crippen molar-refractivity contribution in [1.29, 1.82) is 0 Å². The second-order valence-electron chi connectivity index (χ2n) is 6.68. The van der Waals surface area contributed by atoms with E-state index in [0.717, 1.165) is 0 Å². The molecule has 0 saturated carbocycles. The number of nitrogens with one attached hydrogen (secondary N) is 1. The fourth-order valence-corrected chi connectivity index (χ4v) is 3.08. The van der Waals surface area contributed by atoms with Gasteiger partial charge in [-0.2, -0.15) is 0 Å². The lowest BCUT2D eigenvalue weighted by atomic mass is 9.98. The molecule has 0 aromatic carbocycles. The van der Waals surface area contributed by atoms with Crippen LogP contribution in [-0.2, 0) is 33.3 Å². The molecule has 0 unspecified atom stereocenters. The Morgan fingerprint density at radius 3 is 2.17 bits per heavy atom. The monoisotopic (exact) mass is 330 g/mol. The van der Waals surface area contributed by atoms with Crippen LogP contribution in [0.5, 0.6) is 0 Å². The molecule has 9 nitrogen and oxygen atoms in total. The topological polar surface area (TPSA) is 115 Å². The van der Waals surface area contributed by atoms with Crippen LogP contribution in [0, 0.1) is 0 Å². The highest BCUT2D eigenvalue weighted by Crippen LogP contribution is 2.44. The number of carboxylic acid groups (broad SMARTS) is 1. The Balaban J connectivity index is 1.81. The largest absolute Gasteiger partial charge is 0.548 e. The second kappa shape index (κ2) is 5.38. The van der Waals surface area contributed by atoms with Gasteiger partial charge in [0.1, 0.15) is 18.3 Å². The van der Waals surface area contributed by atoms with E-state index >= 15 is 0 Å². The van der Waals surface area contributed by atoms with E-state index in [9.17, 15) is 14.7 Å². The quantitative estimate of drug-likeness (QED) is 0.648. The first-order valence-corrected chi connectivity index (χ1v) is 7.42. The number of hydrogen-bond donors (Lipinski definition) is 1. The molecule has 3 saturated heterocycles. The number of aliphatic carboxylic acids is 1. The molecule has 3 rings (SSSR count). The molecule has 0 spiro atoms. The zero-order valence-electron chi connectivity index (χ0n) is 13.4. The summed E-state index contributed by atoms with van der Waals surface area (Å²) < 4.78 is 28.7.